The van der Waals surface area contributed by atoms with Gasteiger partial charge in [-0.05, 0) is 55.5 Å². The van der Waals surface area contributed by atoms with Crippen LogP contribution in [0.2, 0.25) is 0 Å². The van der Waals surface area contributed by atoms with Gasteiger partial charge in [0.1, 0.15) is 5.75 Å². The van der Waals surface area contributed by atoms with E-state index in [1.54, 1.807) is 12.4 Å². The maximum atomic E-state index is 13.3. The number of pyridine rings is 1. The number of nitrogens with zero attached hydrogens (tertiary/aromatic N) is 3. The van der Waals surface area contributed by atoms with Gasteiger partial charge in [-0.3, -0.25) is 14.6 Å². The van der Waals surface area contributed by atoms with Crippen LogP contribution in [0.1, 0.15) is 43.7 Å². The first-order valence-electron chi connectivity index (χ1n) is 10.9. The van der Waals surface area contributed by atoms with E-state index in [0.29, 0.717) is 19.6 Å². The van der Waals surface area contributed by atoms with E-state index in [0.717, 1.165) is 50.1 Å². The third-order valence-electron chi connectivity index (χ3n) is 6.08. The van der Waals surface area contributed by atoms with Crippen molar-refractivity contribution in [2.24, 2.45) is 5.92 Å². The molecule has 1 aromatic carbocycles. The zero-order valence-corrected chi connectivity index (χ0v) is 17.3. The van der Waals surface area contributed by atoms with Gasteiger partial charge in [0.2, 0.25) is 11.8 Å². The van der Waals surface area contributed by atoms with Crippen LogP contribution < -0.4 is 4.74 Å². The Labute approximate surface area is 177 Å². The Morgan fingerprint density at radius 2 is 1.77 bits per heavy atom. The predicted octanol–water partition coefficient (Wildman–Crippen LogP) is 3.45. The Kier molecular flexibility index (Phi) is 6.62. The van der Waals surface area contributed by atoms with Gasteiger partial charge in [-0.1, -0.05) is 18.2 Å². The summed E-state index contributed by atoms with van der Waals surface area (Å²) < 4.78 is 5.66. The van der Waals surface area contributed by atoms with Crippen LogP contribution in [0.4, 0.5) is 0 Å². The van der Waals surface area contributed by atoms with Crippen molar-refractivity contribution in [1.82, 2.24) is 14.8 Å². The van der Waals surface area contributed by atoms with Crippen LogP contribution in [0.25, 0.3) is 0 Å². The number of hydrogen-bond acceptors (Lipinski definition) is 4. The summed E-state index contributed by atoms with van der Waals surface area (Å²) in [4.78, 5) is 33.9. The van der Waals surface area contributed by atoms with Gasteiger partial charge >= 0.3 is 0 Å². The van der Waals surface area contributed by atoms with Crippen LogP contribution >= 0.6 is 0 Å². The second-order valence-corrected chi connectivity index (χ2v) is 8.06. The number of piperidine rings is 1. The van der Waals surface area contributed by atoms with Crippen LogP contribution in [0.5, 0.6) is 5.75 Å². The third-order valence-corrected chi connectivity index (χ3v) is 6.08. The first kappa shape index (κ1) is 20.4. The van der Waals surface area contributed by atoms with E-state index in [9.17, 15) is 9.59 Å². The Bertz CT molecular complexity index is 843. The molecule has 2 aliphatic rings. The summed E-state index contributed by atoms with van der Waals surface area (Å²) in [6.07, 6.45) is 7.63. The van der Waals surface area contributed by atoms with E-state index in [1.807, 2.05) is 52.3 Å². The van der Waals surface area contributed by atoms with Crippen molar-refractivity contribution in [3.63, 3.8) is 0 Å². The molecule has 6 nitrogen and oxygen atoms in total. The molecule has 2 aliphatic heterocycles. The Morgan fingerprint density at radius 3 is 2.57 bits per heavy atom. The molecule has 0 bridgehead atoms. The van der Waals surface area contributed by atoms with Gasteiger partial charge in [-0.25, -0.2) is 0 Å². The smallest absolute Gasteiger partial charge is 0.227 e. The summed E-state index contributed by atoms with van der Waals surface area (Å²) in [6.45, 7) is 2.39. The van der Waals surface area contributed by atoms with Crippen molar-refractivity contribution in [2.45, 2.75) is 38.1 Å². The van der Waals surface area contributed by atoms with Crippen molar-refractivity contribution in [3.8, 4) is 5.75 Å². The molecule has 2 aromatic rings. The number of carbonyl (C=O) groups excluding carboxylic acids is 2. The molecule has 0 saturated carbocycles. The average molecular weight is 408 g/mol. The van der Waals surface area contributed by atoms with E-state index in [-0.39, 0.29) is 23.8 Å². The zero-order valence-electron chi connectivity index (χ0n) is 17.3. The Balaban J connectivity index is 1.31. The lowest BCUT2D eigenvalue weighted by Crippen LogP contribution is -2.46. The van der Waals surface area contributed by atoms with Crippen molar-refractivity contribution in [1.29, 1.82) is 0 Å². The summed E-state index contributed by atoms with van der Waals surface area (Å²) in [5.41, 5.74) is 1.15. The molecule has 0 unspecified atom stereocenters. The third kappa shape index (κ3) is 4.81. The number of para-hydroxylation sites is 1. The molecule has 3 heterocycles. The lowest BCUT2D eigenvalue weighted by molar-refractivity contribution is -0.141. The molecule has 0 radical (unpaired) electrons. The number of hydrogen-bond donors (Lipinski definition) is 0. The molecule has 2 saturated heterocycles. The number of benzene rings is 1. The summed E-state index contributed by atoms with van der Waals surface area (Å²) in [7, 11) is 0. The normalized spacial score (nSPS) is 21.5. The molecule has 158 valence electrons. The first-order chi connectivity index (χ1) is 14.7. The van der Waals surface area contributed by atoms with E-state index in [2.05, 4.69) is 4.98 Å². The second kappa shape index (κ2) is 9.74. The van der Waals surface area contributed by atoms with Gasteiger partial charge in [-0.2, -0.15) is 0 Å². The first-order valence-corrected chi connectivity index (χ1v) is 10.9. The van der Waals surface area contributed by atoms with E-state index < -0.39 is 0 Å². The molecule has 1 aromatic heterocycles. The number of aromatic nitrogens is 1. The summed E-state index contributed by atoms with van der Waals surface area (Å²) in [6, 6.07) is 13.7. The molecular weight excluding hydrogens is 378 g/mol. The van der Waals surface area contributed by atoms with Gasteiger partial charge < -0.3 is 14.5 Å². The van der Waals surface area contributed by atoms with Crippen molar-refractivity contribution < 1.29 is 14.3 Å². The number of likely N-dealkylation sites (tertiary alicyclic amines) is 2. The van der Waals surface area contributed by atoms with Crippen molar-refractivity contribution in [2.75, 3.05) is 26.2 Å². The van der Waals surface area contributed by atoms with Crippen LogP contribution in [-0.2, 0) is 9.59 Å². The predicted molar refractivity (Wildman–Crippen MR) is 114 cm³/mol. The molecular formula is C24H29N3O3. The van der Waals surface area contributed by atoms with Gasteiger partial charge in [0.25, 0.3) is 0 Å². The quantitative estimate of drug-likeness (QED) is 0.736. The van der Waals surface area contributed by atoms with Crippen LogP contribution in [0.15, 0.2) is 54.9 Å². The minimum atomic E-state index is -0.111. The minimum absolute atomic E-state index is 0.0653. The number of ether oxygens (including phenoxy) is 1. The highest BCUT2D eigenvalue weighted by Crippen LogP contribution is 2.34. The highest BCUT2D eigenvalue weighted by molar-refractivity contribution is 5.82. The van der Waals surface area contributed by atoms with Crippen LogP contribution in [0.3, 0.4) is 0 Å². The van der Waals surface area contributed by atoms with E-state index in [1.165, 1.54) is 0 Å². The number of rotatable bonds is 6. The Morgan fingerprint density at radius 1 is 1.00 bits per heavy atom. The fraction of sp³-hybridized carbons (Fsp3) is 0.458. The molecule has 2 atom stereocenters. The topological polar surface area (TPSA) is 62.7 Å². The maximum Gasteiger partial charge on any atom is 0.227 e. The van der Waals surface area contributed by atoms with Gasteiger partial charge in [0.15, 0.2) is 0 Å². The number of carbonyl (C=O) groups is 2. The molecule has 0 spiro atoms. The summed E-state index contributed by atoms with van der Waals surface area (Å²) >= 11 is 0. The summed E-state index contributed by atoms with van der Waals surface area (Å²) in [5.74, 6) is 0.913. The molecule has 2 amide bonds. The molecule has 30 heavy (non-hydrogen) atoms. The summed E-state index contributed by atoms with van der Waals surface area (Å²) in [5, 5.41) is 0. The Hall–Kier alpha value is -2.89. The lowest BCUT2D eigenvalue weighted by atomic mass is 9.95. The van der Waals surface area contributed by atoms with Gasteiger partial charge in [0.05, 0.1) is 25.0 Å². The lowest BCUT2D eigenvalue weighted by Gasteiger charge is -2.35. The zero-order chi connectivity index (χ0) is 20.8. The fourth-order valence-electron chi connectivity index (χ4n) is 4.53. The molecule has 6 heteroatoms. The van der Waals surface area contributed by atoms with E-state index >= 15 is 0 Å². The highest BCUT2D eigenvalue weighted by atomic mass is 16.5. The minimum Gasteiger partial charge on any atom is -0.493 e. The fourth-order valence-corrected chi connectivity index (χ4v) is 4.53. The van der Waals surface area contributed by atoms with Crippen molar-refractivity contribution in [3.05, 3.63) is 60.4 Å². The molecule has 4 rings (SSSR count). The highest BCUT2D eigenvalue weighted by Gasteiger charge is 2.36. The standard InChI is InChI=1S/C24H29N3O3/c28-23(12-17-30-21-7-2-1-3-8-21)26-15-4-6-20(18-26)24(29)27-16-5-9-22(27)19-10-13-25-14-11-19/h1-3,7-8,10-11,13-14,20,22H,4-6,9,12,15-18H2/t20-,22-/m1/s1. The number of amides is 2. The van der Waals surface area contributed by atoms with Crippen LogP contribution in [0, 0.1) is 5.92 Å². The van der Waals surface area contributed by atoms with E-state index in [4.69, 9.17) is 4.74 Å². The van der Waals surface area contributed by atoms with Gasteiger partial charge in [-0.15, -0.1) is 0 Å². The molecule has 0 N–H and O–H groups in total. The second-order valence-electron chi connectivity index (χ2n) is 8.06. The average Bonchev–Trinajstić information content (AvgIpc) is 3.30. The van der Waals surface area contributed by atoms with Crippen molar-refractivity contribution >= 4 is 11.8 Å². The van der Waals surface area contributed by atoms with Gasteiger partial charge in [0, 0.05) is 32.0 Å². The monoisotopic (exact) mass is 407 g/mol. The SMILES string of the molecule is O=C(CCOc1ccccc1)N1CCC[C@@H](C(=O)N2CCC[C@@H]2c2ccncc2)C1. The molecule has 0 aliphatic carbocycles. The van der Waals surface area contributed by atoms with Crippen LogP contribution in [-0.4, -0.2) is 52.8 Å². The largest absolute Gasteiger partial charge is 0.493 e. The molecule has 2 fully saturated rings. The maximum absolute atomic E-state index is 13.3.